The minimum atomic E-state index is -0.429. The fraction of sp³-hybridized carbons (Fsp3) is 0.273. The van der Waals surface area contributed by atoms with Gasteiger partial charge >= 0.3 is 5.69 Å². The van der Waals surface area contributed by atoms with Crippen LogP contribution >= 0.6 is 15.9 Å². The molecule has 18 heavy (non-hydrogen) atoms. The molecule has 7 heteroatoms. The lowest BCUT2D eigenvalue weighted by molar-refractivity contribution is -0.385. The highest BCUT2D eigenvalue weighted by atomic mass is 79.9. The second-order valence-electron chi connectivity index (χ2n) is 3.95. The molecule has 0 aromatic carbocycles. The molecular weight excluding hydrogens is 300 g/mol. The van der Waals surface area contributed by atoms with E-state index in [-0.39, 0.29) is 11.5 Å². The molecule has 2 rings (SSSR count). The van der Waals surface area contributed by atoms with E-state index < -0.39 is 4.92 Å². The van der Waals surface area contributed by atoms with Gasteiger partial charge in [0, 0.05) is 11.8 Å². The van der Waals surface area contributed by atoms with Crippen LogP contribution in [-0.2, 0) is 0 Å². The maximum Gasteiger partial charge on any atom is 0.316 e. The van der Waals surface area contributed by atoms with Gasteiger partial charge in [-0.25, -0.2) is 9.67 Å². The van der Waals surface area contributed by atoms with Crippen molar-refractivity contribution in [2.45, 2.75) is 20.8 Å². The molecule has 0 saturated heterocycles. The van der Waals surface area contributed by atoms with Gasteiger partial charge in [0.25, 0.3) is 0 Å². The van der Waals surface area contributed by atoms with E-state index in [2.05, 4.69) is 26.0 Å². The van der Waals surface area contributed by atoms with Gasteiger partial charge in [0.1, 0.15) is 0 Å². The third kappa shape index (κ3) is 1.90. The van der Waals surface area contributed by atoms with Crippen molar-refractivity contribution in [3.05, 3.63) is 43.8 Å². The van der Waals surface area contributed by atoms with E-state index in [1.165, 1.54) is 4.68 Å². The first-order valence-corrected chi connectivity index (χ1v) is 6.05. The largest absolute Gasteiger partial charge is 0.316 e. The Hall–Kier alpha value is -1.76. The predicted octanol–water partition coefficient (Wildman–Crippen LogP) is 2.86. The zero-order valence-corrected chi connectivity index (χ0v) is 11.7. The molecule has 0 bridgehead atoms. The van der Waals surface area contributed by atoms with Crippen LogP contribution in [0.3, 0.4) is 0 Å². The van der Waals surface area contributed by atoms with Gasteiger partial charge in [0.15, 0.2) is 0 Å². The summed E-state index contributed by atoms with van der Waals surface area (Å²) >= 11 is 3.40. The Labute approximate surface area is 112 Å². The molecule has 0 aliphatic rings. The summed E-state index contributed by atoms with van der Waals surface area (Å²) in [7, 11) is 0. The number of aromatic nitrogens is 3. The first kappa shape index (κ1) is 12.7. The highest BCUT2D eigenvalue weighted by Crippen LogP contribution is 2.28. The lowest BCUT2D eigenvalue weighted by Crippen LogP contribution is -2.07. The van der Waals surface area contributed by atoms with Gasteiger partial charge in [-0.15, -0.1) is 0 Å². The number of aryl methyl sites for hydroxylation is 2. The zero-order valence-electron chi connectivity index (χ0n) is 10.1. The summed E-state index contributed by atoms with van der Waals surface area (Å²) in [6.07, 6.45) is 1.54. The molecule has 0 spiro atoms. The van der Waals surface area contributed by atoms with Crippen LogP contribution in [0.25, 0.3) is 5.82 Å². The molecule has 0 N–H and O–H groups in total. The second kappa shape index (κ2) is 4.49. The first-order valence-electron chi connectivity index (χ1n) is 5.25. The molecule has 0 aliphatic carbocycles. The standard InChI is InChI=1S/C11H11BrN4O2/c1-6-4-5-13-11(10(6)16(17)18)15-8(3)9(12)7(2)14-15/h4-5H,1-3H3. The van der Waals surface area contributed by atoms with Crippen molar-refractivity contribution in [3.63, 3.8) is 0 Å². The van der Waals surface area contributed by atoms with Crippen LogP contribution in [-0.4, -0.2) is 19.7 Å². The first-order chi connectivity index (χ1) is 8.43. The van der Waals surface area contributed by atoms with Crippen molar-refractivity contribution in [2.75, 3.05) is 0 Å². The van der Waals surface area contributed by atoms with Crippen LogP contribution in [0.5, 0.6) is 0 Å². The Bertz CT molecular complexity index is 636. The molecule has 0 fully saturated rings. The highest BCUT2D eigenvalue weighted by molar-refractivity contribution is 9.10. The van der Waals surface area contributed by atoms with Gasteiger partial charge in [0.2, 0.25) is 5.82 Å². The molecule has 94 valence electrons. The molecule has 2 aromatic heterocycles. The van der Waals surface area contributed by atoms with Crippen LogP contribution in [0, 0.1) is 30.9 Å². The minimum absolute atomic E-state index is 0.0180. The van der Waals surface area contributed by atoms with Crippen LogP contribution in [0.2, 0.25) is 0 Å². The van der Waals surface area contributed by atoms with Crippen molar-refractivity contribution >= 4 is 21.6 Å². The zero-order chi connectivity index (χ0) is 13.4. The van der Waals surface area contributed by atoms with Crippen molar-refractivity contribution in [2.24, 2.45) is 0 Å². The molecule has 6 nitrogen and oxygen atoms in total. The van der Waals surface area contributed by atoms with Gasteiger partial charge in [-0.2, -0.15) is 5.10 Å². The third-order valence-corrected chi connectivity index (χ3v) is 3.84. The number of nitro groups is 1. The number of hydrogen-bond acceptors (Lipinski definition) is 4. The molecule has 0 radical (unpaired) electrons. The topological polar surface area (TPSA) is 73.8 Å². The van der Waals surface area contributed by atoms with Gasteiger partial charge in [-0.3, -0.25) is 10.1 Å². The number of pyridine rings is 1. The Morgan fingerprint density at radius 3 is 2.56 bits per heavy atom. The molecule has 2 heterocycles. The average Bonchev–Trinajstić information content (AvgIpc) is 2.56. The van der Waals surface area contributed by atoms with Gasteiger partial charge in [-0.05, 0) is 42.8 Å². The summed E-state index contributed by atoms with van der Waals surface area (Å²) in [5.74, 6) is 0.242. The SMILES string of the molecule is Cc1ccnc(-n2nc(C)c(Br)c2C)c1[N+](=O)[O-]. The lowest BCUT2D eigenvalue weighted by atomic mass is 10.2. The van der Waals surface area contributed by atoms with Gasteiger partial charge < -0.3 is 0 Å². The molecule has 0 saturated carbocycles. The van der Waals surface area contributed by atoms with E-state index in [9.17, 15) is 10.1 Å². The van der Waals surface area contributed by atoms with Crippen molar-refractivity contribution in [1.82, 2.24) is 14.8 Å². The number of rotatable bonds is 2. The molecule has 0 unspecified atom stereocenters. The smallest absolute Gasteiger partial charge is 0.258 e. The summed E-state index contributed by atoms with van der Waals surface area (Å²) in [4.78, 5) is 14.8. The fourth-order valence-electron chi connectivity index (χ4n) is 1.75. The Balaban J connectivity index is 2.75. The quantitative estimate of drug-likeness (QED) is 0.631. The predicted molar refractivity (Wildman–Crippen MR) is 69.9 cm³/mol. The van der Waals surface area contributed by atoms with E-state index in [1.54, 1.807) is 19.2 Å². The highest BCUT2D eigenvalue weighted by Gasteiger charge is 2.23. The maximum absolute atomic E-state index is 11.1. The van der Waals surface area contributed by atoms with Crippen LogP contribution in [0.4, 0.5) is 5.69 Å². The van der Waals surface area contributed by atoms with E-state index in [4.69, 9.17) is 0 Å². The van der Waals surface area contributed by atoms with E-state index in [0.29, 0.717) is 5.56 Å². The summed E-state index contributed by atoms with van der Waals surface area (Å²) < 4.78 is 2.32. The summed E-state index contributed by atoms with van der Waals surface area (Å²) in [6.45, 7) is 5.34. The Kier molecular flexibility index (Phi) is 3.16. The molecule has 0 atom stereocenters. The summed E-state index contributed by atoms with van der Waals surface area (Å²) in [6, 6.07) is 1.61. The van der Waals surface area contributed by atoms with Crippen molar-refractivity contribution in [3.8, 4) is 5.82 Å². The monoisotopic (exact) mass is 310 g/mol. The minimum Gasteiger partial charge on any atom is -0.258 e. The van der Waals surface area contributed by atoms with Crippen molar-refractivity contribution in [1.29, 1.82) is 0 Å². The average molecular weight is 311 g/mol. The molecule has 2 aromatic rings. The number of nitrogens with zero attached hydrogens (tertiary/aromatic N) is 4. The third-order valence-electron chi connectivity index (χ3n) is 2.69. The number of halogens is 1. The van der Waals surface area contributed by atoms with Crippen LogP contribution in [0.15, 0.2) is 16.7 Å². The van der Waals surface area contributed by atoms with Gasteiger partial charge in [-0.1, -0.05) is 0 Å². The van der Waals surface area contributed by atoms with Gasteiger partial charge in [0.05, 0.1) is 20.8 Å². The number of hydrogen-bond donors (Lipinski definition) is 0. The Morgan fingerprint density at radius 1 is 1.39 bits per heavy atom. The van der Waals surface area contributed by atoms with E-state index >= 15 is 0 Å². The van der Waals surface area contributed by atoms with E-state index in [1.807, 2.05) is 13.8 Å². The summed E-state index contributed by atoms with van der Waals surface area (Å²) in [5, 5.41) is 15.4. The van der Waals surface area contributed by atoms with E-state index in [0.717, 1.165) is 15.9 Å². The van der Waals surface area contributed by atoms with Crippen molar-refractivity contribution < 1.29 is 4.92 Å². The second-order valence-corrected chi connectivity index (χ2v) is 4.75. The summed E-state index contributed by atoms with van der Waals surface area (Å²) in [5.41, 5.74) is 2.10. The lowest BCUT2D eigenvalue weighted by Gasteiger charge is -2.05. The normalized spacial score (nSPS) is 10.7. The van der Waals surface area contributed by atoms with Crippen LogP contribution in [0.1, 0.15) is 17.0 Å². The molecule has 0 amide bonds. The molecular formula is C11H11BrN4O2. The Morgan fingerprint density at radius 2 is 2.06 bits per heavy atom. The maximum atomic E-state index is 11.1. The fourth-order valence-corrected chi connectivity index (χ4v) is 1.99. The molecule has 0 aliphatic heterocycles. The van der Waals surface area contributed by atoms with Crippen LogP contribution < -0.4 is 0 Å².